The van der Waals surface area contributed by atoms with Crippen LogP contribution in [0.25, 0.3) is 5.69 Å². The standard InChI is InChI=1S/C19H16ClN3O5S/c1-28-19(25)9-14-8-13(12-24)2-7-18(14)23(29(26)27)17-10-21-22(11-17)16-5-3-15(20)4-6-16/h2-8,10-12H,9H2,1H3,(H,26,27). The molecule has 0 saturated carbocycles. The lowest BCUT2D eigenvalue weighted by Gasteiger charge is -2.21. The molecule has 0 aliphatic carbocycles. The van der Waals surface area contributed by atoms with Gasteiger partial charge in [0.2, 0.25) is 0 Å². The molecule has 0 spiro atoms. The van der Waals surface area contributed by atoms with Crippen molar-refractivity contribution in [2.24, 2.45) is 0 Å². The van der Waals surface area contributed by atoms with Crippen molar-refractivity contribution in [3.05, 3.63) is 71.0 Å². The summed E-state index contributed by atoms with van der Waals surface area (Å²) in [5.74, 6) is -0.546. The minimum atomic E-state index is -2.47. The lowest BCUT2D eigenvalue weighted by Crippen LogP contribution is -2.21. The van der Waals surface area contributed by atoms with Crippen molar-refractivity contribution >= 4 is 46.5 Å². The number of carbonyl (C=O) groups excluding carboxylic acids is 2. The molecule has 10 heteroatoms. The monoisotopic (exact) mass is 433 g/mol. The molecule has 1 heterocycles. The third-order valence-corrected chi connectivity index (χ3v) is 5.04. The predicted octanol–water partition coefficient (Wildman–Crippen LogP) is 3.33. The van der Waals surface area contributed by atoms with Crippen molar-refractivity contribution in [3.63, 3.8) is 0 Å². The van der Waals surface area contributed by atoms with E-state index in [1.54, 1.807) is 30.5 Å². The molecular weight excluding hydrogens is 418 g/mol. The molecule has 0 amide bonds. The highest BCUT2D eigenvalue weighted by Gasteiger charge is 2.22. The molecule has 3 rings (SSSR count). The van der Waals surface area contributed by atoms with E-state index in [4.69, 9.17) is 11.6 Å². The number of rotatable bonds is 7. The Kier molecular flexibility index (Phi) is 6.42. The molecule has 1 N–H and O–H groups in total. The number of nitrogens with zero attached hydrogens (tertiary/aromatic N) is 3. The van der Waals surface area contributed by atoms with Gasteiger partial charge in [-0.05, 0) is 48.0 Å². The molecule has 0 fully saturated rings. The van der Waals surface area contributed by atoms with Crippen molar-refractivity contribution < 1.29 is 23.1 Å². The first-order valence-corrected chi connectivity index (χ1v) is 9.73. The summed E-state index contributed by atoms with van der Waals surface area (Å²) in [7, 11) is 1.24. The molecule has 1 atom stereocenters. The number of methoxy groups -OCH3 is 1. The summed E-state index contributed by atoms with van der Waals surface area (Å²) >= 11 is 3.43. The second kappa shape index (κ2) is 8.99. The third kappa shape index (κ3) is 4.70. The Balaban J connectivity index is 2.05. The number of hydrogen-bond acceptors (Lipinski definition) is 5. The molecule has 0 bridgehead atoms. The fraction of sp³-hybridized carbons (Fsp3) is 0.105. The predicted molar refractivity (Wildman–Crippen MR) is 109 cm³/mol. The zero-order valence-corrected chi connectivity index (χ0v) is 16.8. The number of hydrogen-bond donors (Lipinski definition) is 1. The number of benzene rings is 2. The van der Waals surface area contributed by atoms with Crippen molar-refractivity contribution in [1.29, 1.82) is 0 Å². The van der Waals surface area contributed by atoms with E-state index in [2.05, 4.69) is 9.84 Å². The molecule has 8 nitrogen and oxygen atoms in total. The van der Waals surface area contributed by atoms with Crippen LogP contribution >= 0.6 is 11.6 Å². The minimum Gasteiger partial charge on any atom is -0.469 e. The molecule has 0 saturated heterocycles. The molecule has 0 radical (unpaired) electrons. The maximum absolute atomic E-state index is 12.1. The number of ether oxygens (including phenoxy) is 1. The smallest absolute Gasteiger partial charge is 0.310 e. The first kappa shape index (κ1) is 20.7. The van der Waals surface area contributed by atoms with Gasteiger partial charge >= 0.3 is 5.97 Å². The fourth-order valence-electron chi connectivity index (χ4n) is 2.71. The molecule has 150 valence electrons. The van der Waals surface area contributed by atoms with E-state index in [-0.39, 0.29) is 12.1 Å². The SMILES string of the molecule is COC(=O)Cc1cc(C=O)ccc1N(c1cnn(-c2ccc(Cl)cc2)c1)S(=O)O. The molecule has 1 aromatic heterocycles. The maximum atomic E-state index is 12.1. The second-order valence-electron chi connectivity index (χ2n) is 5.90. The Hall–Kier alpha value is -3.01. The highest BCUT2D eigenvalue weighted by atomic mass is 35.5. The summed E-state index contributed by atoms with van der Waals surface area (Å²) in [5.41, 5.74) is 1.98. The molecule has 2 aromatic carbocycles. The van der Waals surface area contributed by atoms with Crippen LogP contribution in [0, 0.1) is 0 Å². The normalized spacial score (nSPS) is 11.7. The number of carbonyl (C=O) groups is 2. The van der Waals surface area contributed by atoms with Gasteiger partial charge in [0.1, 0.15) is 6.29 Å². The fourth-order valence-corrected chi connectivity index (χ4v) is 3.46. The summed E-state index contributed by atoms with van der Waals surface area (Å²) in [6.45, 7) is 0. The lowest BCUT2D eigenvalue weighted by atomic mass is 10.1. The van der Waals surface area contributed by atoms with E-state index in [1.807, 2.05) is 0 Å². The van der Waals surface area contributed by atoms with Gasteiger partial charge < -0.3 is 4.74 Å². The zero-order valence-electron chi connectivity index (χ0n) is 15.2. The zero-order chi connectivity index (χ0) is 21.0. The first-order chi connectivity index (χ1) is 13.9. The van der Waals surface area contributed by atoms with Crippen molar-refractivity contribution in [1.82, 2.24) is 9.78 Å². The summed E-state index contributed by atoms with van der Waals surface area (Å²) in [5, 5.41) is 4.80. The van der Waals surface area contributed by atoms with Gasteiger partial charge in [-0.3, -0.25) is 14.1 Å². The highest BCUT2D eigenvalue weighted by molar-refractivity contribution is 7.81. The number of halogens is 1. The van der Waals surface area contributed by atoms with Crippen LogP contribution < -0.4 is 4.31 Å². The van der Waals surface area contributed by atoms with Gasteiger partial charge in [-0.1, -0.05) is 11.6 Å². The molecule has 0 aliphatic heterocycles. The van der Waals surface area contributed by atoms with Crippen LogP contribution in [0.1, 0.15) is 15.9 Å². The maximum Gasteiger partial charge on any atom is 0.310 e. The topological polar surface area (TPSA) is 102 Å². The van der Waals surface area contributed by atoms with E-state index in [9.17, 15) is 18.4 Å². The second-order valence-corrected chi connectivity index (χ2v) is 7.17. The molecular formula is C19H16ClN3O5S. The Morgan fingerprint density at radius 1 is 1.31 bits per heavy atom. The van der Waals surface area contributed by atoms with E-state index in [0.29, 0.717) is 33.8 Å². The van der Waals surface area contributed by atoms with Crippen LogP contribution in [0.5, 0.6) is 0 Å². The molecule has 0 aliphatic rings. The van der Waals surface area contributed by atoms with Crippen LogP contribution in [0.4, 0.5) is 11.4 Å². The van der Waals surface area contributed by atoms with E-state index >= 15 is 0 Å². The van der Waals surface area contributed by atoms with Crippen molar-refractivity contribution in [2.45, 2.75) is 6.42 Å². The van der Waals surface area contributed by atoms with Crippen LogP contribution in [0.2, 0.25) is 5.02 Å². The van der Waals surface area contributed by atoms with Crippen LogP contribution in [-0.4, -0.2) is 37.9 Å². The Bertz CT molecular complexity index is 1070. The lowest BCUT2D eigenvalue weighted by molar-refractivity contribution is -0.139. The van der Waals surface area contributed by atoms with E-state index < -0.39 is 17.2 Å². The number of anilines is 2. The first-order valence-electron chi connectivity index (χ1n) is 8.29. The van der Waals surface area contributed by atoms with E-state index in [0.717, 1.165) is 4.31 Å². The average Bonchev–Trinajstić information content (AvgIpc) is 3.19. The average molecular weight is 434 g/mol. The highest BCUT2D eigenvalue weighted by Crippen LogP contribution is 2.31. The van der Waals surface area contributed by atoms with Gasteiger partial charge in [0.15, 0.2) is 0 Å². The molecule has 29 heavy (non-hydrogen) atoms. The summed E-state index contributed by atoms with van der Waals surface area (Å²) in [4.78, 5) is 22.9. The van der Waals surface area contributed by atoms with Crippen molar-refractivity contribution in [3.8, 4) is 5.69 Å². The number of aldehydes is 1. The Morgan fingerprint density at radius 3 is 2.66 bits per heavy atom. The summed E-state index contributed by atoms with van der Waals surface area (Å²) < 4.78 is 29.4. The van der Waals surface area contributed by atoms with Gasteiger partial charge in [-0.25, -0.2) is 13.2 Å². The Morgan fingerprint density at radius 2 is 2.03 bits per heavy atom. The van der Waals surface area contributed by atoms with E-state index in [1.165, 1.54) is 36.2 Å². The Labute approximate surface area is 174 Å². The number of aromatic nitrogens is 2. The van der Waals surface area contributed by atoms with Crippen LogP contribution in [0.3, 0.4) is 0 Å². The quantitative estimate of drug-likeness (QED) is 0.348. The summed E-state index contributed by atoms with van der Waals surface area (Å²) in [6.07, 6.45) is 3.43. The third-order valence-electron chi connectivity index (χ3n) is 4.07. The minimum absolute atomic E-state index is 0.174. The van der Waals surface area contributed by atoms with Gasteiger partial charge in [-0.15, -0.1) is 0 Å². The molecule has 3 aromatic rings. The van der Waals surface area contributed by atoms with Crippen molar-refractivity contribution in [2.75, 3.05) is 11.4 Å². The molecule has 1 unspecified atom stereocenters. The van der Waals surface area contributed by atoms with Gasteiger partial charge in [0.05, 0.1) is 43.0 Å². The van der Waals surface area contributed by atoms with Gasteiger partial charge in [0, 0.05) is 10.6 Å². The van der Waals surface area contributed by atoms with Crippen LogP contribution in [-0.2, 0) is 27.2 Å². The summed E-state index contributed by atoms with van der Waals surface area (Å²) in [6, 6.07) is 11.4. The number of esters is 1. The van der Waals surface area contributed by atoms with Crippen LogP contribution in [0.15, 0.2) is 54.9 Å². The largest absolute Gasteiger partial charge is 0.469 e. The van der Waals surface area contributed by atoms with Gasteiger partial charge in [0.25, 0.3) is 11.3 Å². The van der Waals surface area contributed by atoms with Gasteiger partial charge in [-0.2, -0.15) is 5.10 Å².